The van der Waals surface area contributed by atoms with E-state index in [1.807, 2.05) is 0 Å². The fraction of sp³-hybridized carbons (Fsp3) is 0.250. The van der Waals surface area contributed by atoms with Crippen LogP contribution < -0.4 is 5.73 Å². The summed E-state index contributed by atoms with van der Waals surface area (Å²) in [5.41, 5.74) is 9.05. The average Bonchev–Trinajstić information content (AvgIpc) is 2.78. The number of aromatic nitrogens is 1. The molecule has 0 spiro atoms. The zero-order valence-corrected chi connectivity index (χ0v) is 10.8. The number of hydrogen-bond donors (Lipinski definition) is 1. The molecule has 0 atom stereocenters. The first-order valence-corrected chi connectivity index (χ1v) is 5.95. The monoisotopic (exact) mass is 254 g/mol. The molecule has 2 rings (SSSR count). The molecule has 0 radical (unpaired) electrons. The topological polar surface area (TPSA) is 38.9 Å². The second kappa shape index (κ2) is 5.99. The number of halogens is 1. The van der Waals surface area contributed by atoms with Gasteiger partial charge in [-0.25, -0.2) is 4.98 Å². The van der Waals surface area contributed by atoms with Crippen LogP contribution in [-0.4, -0.2) is 4.98 Å². The van der Waals surface area contributed by atoms with Gasteiger partial charge in [0.25, 0.3) is 0 Å². The van der Waals surface area contributed by atoms with E-state index in [9.17, 15) is 0 Å². The van der Waals surface area contributed by atoms with Gasteiger partial charge in [-0.15, -0.1) is 23.7 Å². The summed E-state index contributed by atoms with van der Waals surface area (Å²) >= 11 is 1.70. The number of aryl methyl sites for hydroxylation is 1. The maximum atomic E-state index is 5.55. The molecule has 0 saturated carbocycles. The molecule has 0 aliphatic carbocycles. The fourth-order valence-corrected chi connectivity index (χ4v) is 2.29. The molecular formula is C12H15ClN2S. The largest absolute Gasteiger partial charge is 0.326 e. The van der Waals surface area contributed by atoms with Crippen molar-refractivity contribution < 1.29 is 0 Å². The van der Waals surface area contributed by atoms with Gasteiger partial charge in [0.2, 0.25) is 0 Å². The summed E-state index contributed by atoms with van der Waals surface area (Å²) in [4.78, 5) is 4.54. The maximum absolute atomic E-state index is 5.55. The molecule has 2 N–H and O–H groups in total. The smallest absolute Gasteiger partial charge is 0.123 e. The standard InChI is InChI=1S/C12H14N2S.ClH/c1-2-11-8-15-12(14-11)10-5-3-9(7-13)4-6-10;/h3-6,8H,2,7,13H2,1H3;1H. The summed E-state index contributed by atoms with van der Waals surface area (Å²) in [5.74, 6) is 0. The van der Waals surface area contributed by atoms with E-state index in [2.05, 4.69) is 41.6 Å². The Hall–Kier alpha value is -0.900. The molecule has 2 aromatic rings. The van der Waals surface area contributed by atoms with Crippen LogP contribution in [0.1, 0.15) is 18.2 Å². The van der Waals surface area contributed by atoms with Gasteiger partial charge in [0.05, 0.1) is 5.69 Å². The van der Waals surface area contributed by atoms with Crippen LogP contribution >= 0.6 is 23.7 Å². The Morgan fingerprint density at radius 1 is 1.25 bits per heavy atom. The van der Waals surface area contributed by atoms with Gasteiger partial charge in [-0.3, -0.25) is 0 Å². The Labute approximate surface area is 106 Å². The third-order valence-electron chi connectivity index (χ3n) is 2.35. The van der Waals surface area contributed by atoms with Gasteiger partial charge in [-0.2, -0.15) is 0 Å². The molecule has 0 fully saturated rings. The maximum Gasteiger partial charge on any atom is 0.123 e. The zero-order valence-electron chi connectivity index (χ0n) is 9.14. The second-order valence-corrected chi connectivity index (χ2v) is 4.26. The van der Waals surface area contributed by atoms with Crippen LogP contribution in [-0.2, 0) is 13.0 Å². The van der Waals surface area contributed by atoms with Crippen molar-refractivity contribution in [3.63, 3.8) is 0 Å². The van der Waals surface area contributed by atoms with Gasteiger partial charge in [0.15, 0.2) is 0 Å². The minimum Gasteiger partial charge on any atom is -0.326 e. The summed E-state index contributed by atoms with van der Waals surface area (Å²) in [5, 5.41) is 3.21. The van der Waals surface area contributed by atoms with Gasteiger partial charge in [-0.1, -0.05) is 31.2 Å². The Morgan fingerprint density at radius 3 is 2.44 bits per heavy atom. The Morgan fingerprint density at radius 2 is 1.94 bits per heavy atom. The summed E-state index contributed by atoms with van der Waals surface area (Å²) in [6, 6.07) is 8.28. The fourth-order valence-electron chi connectivity index (χ4n) is 1.39. The van der Waals surface area contributed by atoms with Crippen LogP contribution in [0.4, 0.5) is 0 Å². The molecule has 0 saturated heterocycles. The first-order chi connectivity index (χ1) is 7.33. The lowest BCUT2D eigenvalue weighted by Gasteiger charge is -1.98. The number of benzene rings is 1. The zero-order chi connectivity index (χ0) is 10.7. The lowest BCUT2D eigenvalue weighted by molar-refractivity contribution is 1.06. The molecule has 0 unspecified atom stereocenters. The van der Waals surface area contributed by atoms with Crippen molar-refractivity contribution in [1.29, 1.82) is 0 Å². The number of thiazole rings is 1. The average molecular weight is 255 g/mol. The highest BCUT2D eigenvalue weighted by molar-refractivity contribution is 7.13. The Balaban J connectivity index is 0.00000128. The van der Waals surface area contributed by atoms with Crippen molar-refractivity contribution in [2.24, 2.45) is 5.73 Å². The molecule has 4 heteroatoms. The highest BCUT2D eigenvalue weighted by atomic mass is 35.5. The quantitative estimate of drug-likeness (QED) is 0.913. The molecule has 0 aliphatic rings. The SMILES string of the molecule is CCc1csc(-c2ccc(CN)cc2)n1.Cl. The van der Waals surface area contributed by atoms with Crippen molar-refractivity contribution in [1.82, 2.24) is 4.98 Å². The molecule has 0 aliphatic heterocycles. The van der Waals surface area contributed by atoms with E-state index in [1.165, 1.54) is 5.56 Å². The van der Waals surface area contributed by atoms with Crippen molar-refractivity contribution in [3.8, 4) is 10.6 Å². The normalized spacial score (nSPS) is 9.88. The molecular weight excluding hydrogens is 240 g/mol. The van der Waals surface area contributed by atoms with Crippen LogP contribution in [0.3, 0.4) is 0 Å². The van der Waals surface area contributed by atoms with E-state index in [4.69, 9.17) is 5.73 Å². The van der Waals surface area contributed by atoms with Gasteiger partial charge < -0.3 is 5.73 Å². The Kier molecular flexibility index (Phi) is 4.93. The lowest BCUT2D eigenvalue weighted by Crippen LogP contribution is -1.95. The lowest BCUT2D eigenvalue weighted by atomic mass is 10.1. The van der Waals surface area contributed by atoms with E-state index < -0.39 is 0 Å². The molecule has 1 heterocycles. The van der Waals surface area contributed by atoms with Crippen molar-refractivity contribution in [2.45, 2.75) is 19.9 Å². The highest BCUT2D eigenvalue weighted by Gasteiger charge is 2.02. The summed E-state index contributed by atoms with van der Waals surface area (Å²) in [6.07, 6.45) is 0.997. The summed E-state index contributed by atoms with van der Waals surface area (Å²) in [6.45, 7) is 2.72. The first kappa shape index (κ1) is 13.2. The van der Waals surface area contributed by atoms with Crippen LogP contribution in [0.5, 0.6) is 0 Å². The van der Waals surface area contributed by atoms with Crippen LogP contribution in [0, 0.1) is 0 Å². The third kappa shape index (κ3) is 2.82. The predicted molar refractivity (Wildman–Crippen MR) is 72.1 cm³/mol. The van der Waals surface area contributed by atoms with E-state index in [0.29, 0.717) is 6.54 Å². The number of rotatable bonds is 3. The second-order valence-electron chi connectivity index (χ2n) is 3.40. The van der Waals surface area contributed by atoms with E-state index >= 15 is 0 Å². The molecule has 0 bridgehead atoms. The van der Waals surface area contributed by atoms with Crippen LogP contribution in [0.15, 0.2) is 29.6 Å². The minimum absolute atomic E-state index is 0. The van der Waals surface area contributed by atoms with Gasteiger partial charge in [0, 0.05) is 17.5 Å². The molecule has 0 amide bonds. The highest BCUT2D eigenvalue weighted by Crippen LogP contribution is 2.24. The minimum atomic E-state index is 0. The van der Waals surface area contributed by atoms with Crippen molar-refractivity contribution in [2.75, 3.05) is 0 Å². The summed E-state index contributed by atoms with van der Waals surface area (Å²) in [7, 11) is 0. The van der Waals surface area contributed by atoms with Gasteiger partial charge in [0.1, 0.15) is 5.01 Å². The van der Waals surface area contributed by atoms with Gasteiger partial charge in [-0.05, 0) is 12.0 Å². The molecule has 1 aromatic heterocycles. The van der Waals surface area contributed by atoms with Crippen LogP contribution in [0.2, 0.25) is 0 Å². The third-order valence-corrected chi connectivity index (χ3v) is 3.29. The van der Waals surface area contributed by atoms with Crippen LogP contribution in [0.25, 0.3) is 10.6 Å². The predicted octanol–water partition coefficient (Wildman–Crippen LogP) is 3.25. The number of hydrogen-bond acceptors (Lipinski definition) is 3. The first-order valence-electron chi connectivity index (χ1n) is 5.07. The van der Waals surface area contributed by atoms with E-state index in [0.717, 1.165) is 22.7 Å². The summed E-state index contributed by atoms with van der Waals surface area (Å²) < 4.78 is 0. The number of nitrogens with zero attached hydrogens (tertiary/aromatic N) is 1. The van der Waals surface area contributed by atoms with E-state index in [-0.39, 0.29) is 12.4 Å². The van der Waals surface area contributed by atoms with E-state index in [1.54, 1.807) is 11.3 Å². The van der Waals surface area contributed by atoms with Crippen molar-refractivity contribution >= 4 is 23.7 Å². The number of nitrogens with two attached hydrogens (primary N) is 1. The molecule has 2 nitrogen and oxygen atoms in total. The van der Waals surface area contributed by atoms with Crippen molar-refractivity contribution in [3.05, 3.63) is 40.9 Å². The van der Waals surface area contributed by atoms with Gasteiger partial charge >= 0.3 is 0 Å². The molecule has 16 heavy (non-hydrogen) atoms. The molecule has 86 valence electrons. The Bertz CT molecular complexity index is 437. The molecule has 1 aromatic carbocycles.